The second kappa shape index (κ2) is 11.1. The highest BCUT2D eigenvalue weighted by molar-refractivity contribution is 6.30. The lowest BCUT2D eigenvalue weighted by Crippen LogP contribution is -2.50. The summed E-state index contributed by atoms with van der Waals surface area (Å²) in [5.74, 6) is -2.74. The highest BCUT2D eigenvalue weighted by Crippen LogP contribution is 2.45. The van der Waals surface area contributed by atoms with Crippen molar-refractivity contribution in [3.05, 3.63) is 94.5 Å². The van der Waals surface area contributed by atoms with Crippen molar-refractivity contribution in [2.75, 3.05) is 4.90 Å². The van der Waals surface area contributed by atoms with Crippen molar-refractivity contribution >= 4 is 40.1 Å². The number of pyridine rings is 3. The topological polar surface area (TPSA) is 129 Å². The van der Waals surface area contributed by atoms with Crippen LogP contribution in [-0.2, 0) is 17.8 Å². The van der Waals surface area contributed by atoms with Gasteiger partial charge >= 0.3 is 12.0 Å². The van der Waals surface area contributed by atoms with E-state index in [0.717, 1.165) is 23.9 Å². The number of anilines is 1. The lowest BCUT2D eigenvalue weighted by molar-refractivity contribution is -0.193. The van der Waals surface area contributed by atoms with Crippen molar-refractivity contribution < 1.29 is 27.5 Å². The quantitative estimate of drug-likeness (QED) is 0.223. The Morgan fingerprint density at radius 2 is 1.93 bits per heavy atom. The number of amides is 2. The molecule has 14 heteroatoms. The summed E-state index contributed by atoms with van der Waals surface area (Å²) in [7, 11) is 0. The summed E-state index contributed by atoms with van der Waals surface area (Å²) in [6.07, 6.45) is 2.23. The van der Waals surface area contributed by atoms with Crippen molar-refractivity contribution in [1.82, 2.24) is 24.7 Å². The molecule has 0 unspecified atom stereocenters. The van der Waals surface area contributed by atoms with Crippen molar-refractivity contribution in [1.29, 1.82) is 0 Å². The predicted molar refractivity (Wildman–Crippen MR) is 162 cm³/mol. The maximum atomic E-state index is 15.0. The van der Waals surface area contributed by atoms with Crippen LogP contribution in [0.3, 0.4) is 0 Å². The van der Waals surface area contributed by atoms with Crippen LogP contribution in [-0.4, -0.2) is 42.7 Å². The third kappa shape index (κ3) is 5.30. The summed E-state index contributed by atoms with van der Waals surface area (Å²) in [4.78, 5) is 39.9. The van der Waals surface area contributed by atoms with E-state index in [1.54, 1.807) is 22.9 Å². The van der Waals surface area contributed by atoms with E-state index in [1.165, 1.54) is 36.7 Å². The smallest absolute Gasteiger partial charge is 0.423 e. The van der Waals surface area contributed by atoms with Crippen LogP contribution in [0.1, 0.15) is 53.2 Å². The molecule has 7 rings (SSSR count). The molecule has 1 fully saturated rings. The van der Waals surface area contributed by atoms with Gasteiger partial charge in [-0.25, -0.2) is 14.1 Å². The zero-order chi connectivity index (χ0) is 32.3. The molecule has 0 spiro atoms. The Morgan fingerprint density at radius 1 is 1.13 bits per heavy atom. The van der Waals surface area contributed by atoms with Gasteiger partial charge in [-0.05, 0) is 74.1 Å². The summed E-state index contributed by atoms with van der Waals surface area (Å²) < 4.78 is 50.2. The largest absolute Gasteiger partial charge is 0.482 e. The summed E-state index contributed by atoms with van der Waals surface area (Å²) in [6, 6.07) is 9.88. The standard InChI is InChI=1S/C32H25ClF3N7O3/c1-16(23-8-6-20(34)13-39-23)43-30-22(14-40-43)27(28(29(37)44)24(41-30)10-17-2-3-17)18-4-9-25-26(11-18)46-32(35,36)31(45)42(25)15-21-7-5-19(33)12-38-21/h4-9,11-14,16-17H,2-3,10,15H2,1H3,(H2,37,44)/t16-/m1/s1. The van der Waals surface area contributed by atoms with E-state index in [4.69, 9.17) is 27.1 Å². The number of carbonyl (C=O) groups is 2. The fourth-order valence-corrected chi connectivity index (χ4v) is 5.81. The van der Waals surface area contributed by atoms with E-state index in [2.05, 4.69) is 15.1 Å². The van der Waals surface area contributed by atoms with Gasteiger partial charge in [-0.1, -0.05) is 17.7 Å². The number of nitrogens with two attached hydrogens (primary N) is 1. The molecule has 46 heavy (non-hydrogen) atoms. The Labute approximate surface area is 265 Å². The molecule has 1 aliphatic heterocycles. The molecule has 1 saturated carbocycles. The normalized spacial score (nSPS) is 16.3. The number of carbonyl (C=O) groups excluding carboxylic acids is 2. The summed E-state index contributed by atoms with van der Waals surface area (Å²) in [5, 5.41) is 5.34. The minimum Gasteiger partial charge on any atom is -0.423 e. The first-order chi connectivity index (χ1) is 22.0. The second-order valence-corrected chi connectivity index (χ2v) is 11.8. The van der Waals surface area contributed by atoms with Crippen molar-refractivity contribution in [2.45, 2.75) is 44.9 Å². The summed E-state index contributed by atoms with van der Waals surface area (Å²) >= 11 is 5.92. The van der Waals surface area contributed by atoms with Crippen LogP contribution >= 0.6 is 11.6 Å². The Balaban J connectivity index is 1.39. The molecule has 4 aromatic heterocycles. The number of aromatic nitrogens is 5. The van der Waals surface area contributed by atoms with Gasteiger partial charge in [0.05, 0.1) is 58.3 Å². The molecule has 234 valence electrons. The van der Waals surface area contributed by atoms with E-state index >= 15 is 0 Å². The van der Waals surface area contributed by atoms with Crippen LogP contribution < -0.4 is 15.4 Å². The minimum absolute atomic E-state index is 0.0901. The zero-order valence-electron chi connectivity index (χ0n) is 24.3. The number of fused-ring (bicyclic) bond motifs is 2. The average Bonchev–Trinajstić information content (AvgIpc) is 3.74. The molecule has 2 amide bonds. The molecular weight excluding hydrogens is 623 g/mol. The Hall–Kier alpha value is -5.04. The number of ether oxygens (including phenoxy) is 1. The minimum atomic E-state index is -4.17. The van der Waals surface area contributed by atoms with E-state index in [1.807, 2.05) is 6.92 Å². The number of hydrogen-bond acceptors (Lipinski definition) is 7. The molecule has 0 radical (unpaired) electrons. The first kappa shape index (κ1) is 29.7. The molecule has 2 N–H and O–H groups in total. The highest BCUT2D eigenvalue weighted by Gasteiger charge is 2.50. The number of halogens is 4. The number of primary amides is 1. The Morgan fingerprint density at radius 3 is 2.61 bits per heavy atom. The first-order valence-electron chi connectivity index (χ1n) is 14.4. The Bertz CT molecular complexity index is 2010. The molecule has 1 aliphatic carbocycles. The molecule has 10 nitrogen and oxygen atoms in total. The van der Waals surface area contributed by atoms with Crippen molar-refractivity contribution in [3.63, 3.8) is 0 Å². The number of rotatable bonds is 8. The summed E-state index contributed by atoms with van der Waals surface area (Å²) in [6.45, 7) is 1.56. The van der Waals surface area contributed by atoms with Gasteiger partial charge in [-0.2, -0.15) is 13.9 Å². The van der Waals surface area contributed by atoms with Gasteiger partial charge in [-0.15, -0.1) is 0 Å². The van der Waals surface area contributed by atoms with Crippen LogP contribution in [0.4, 0.5) is 18.9 Å². The molecule has 1 atom stereocenters. The fraction of sp³-hybridized carbons (Fsp3) is 0.250. The monoisotopic (exact) mass is 647 g/mol. The van der Waals surface area contributed by atoms with Gasteiger partial charge in [0.2, 0.25) is 0 Å². The van der Waals surface area contributed by atoms with Crippen LogP contribution in [0.2, 0.25) is 5.02 Å². The Kier molecular flexibility index (Phi) is 7.15. The number of nitrogens with zero attached hydrogens (tertiary/aromatic N) is 6. The van der Waals surface area contributed by atoms with Gasteiger partial charge < -0.3 is 10.5 Å². The zero-order valence-corrected chi connectivity index (χ0v) is 25.0. The van der Waals surface area contributed by atoms with Gasteiger partial charge in [0, 0.05) is 17.1 Å². The van der Waals surface area contributed by atoms with Crippen molar-refractivity contribution in [3.8, 4) is 16.9 Å². The molecule has 5 heterocycles. The SMILES string of the molecule is C[C@H](c1ccc(F)cn1)n1ncc2c(-c3ccc4c(c3)OC(F)(F)C(=O)N4Cc3ccc(Cl)cn3)c(C(N)=O)c(CC3CC3)nc21. The van der Waals surface area contributed by atoms with Crippen molar-refractivity contribution in [2.24, 2.45) is 11.7 Å². The first-order valence-corrected chi connectivity index (χ1v) is 14.8. The van der Waals surface area contributed by atoms with E-state index in [9.17, 15) is 22.8 Å². The number of hydrogen-bond donors (Lipinski definition) is 1. The van der Waals surface area contributed by atoms with Gasteiger partial charge in [0.1, 0.15) is 5.82 Å². The fourth-order valence-electron chi connectivity index (χ4n) is 5.70. The third-order valence-electron chi connectivity index (χ3n) is 8.17. The van der Waals surface area contributed by atoms with Crippen LogP contribution in [0, 0.1) is 11.7 Å². The van der Waals surface area contributed by atoms with Crippen LogP contribution in [0.25, 0.3) is 22.2 Å². The third-order valence-corrected chi connectivity index (χ3v) is 8.39. The summed E-state index contributed by atoms with van der Waals surface area (Å²) in [5.41, 5.74) is 8.59. The van der Waals surface area contributed by atoms with Gasteiger partial charge in [0.15, 0.2) is 11.4 Å². The maximum absolute atomic E-state index is 15.0. The maximum Gasteiger partial charge on any atom is 0.482 e. The van der Waals surface area contributed by atoms with Gasteiger partial charge in [-0.3, -0.25) is 24.5 Å². The van der Waals surface area contributed by atoms with Crippen LogP contribution in [0.15, 0.2) is 61.1 Å². The number of benzene rings is 1. The van der Waals surface area contributed by atoms with E-state index in [-0.39, 0.29) is 23.5 Å². The van der Waals surface area contributed by atoms with Gasteiger partial charge in [0.25, 0.3) is 5.91 Å². The predicted octanol–water partition coefficient (Wildman–Crippen LogP) is 5.86. The molecule has 0 saturated heterocycles. The second-order valence-electron chi connectivity index (χ2n) is 11.4. The van der Waals surface area contributed by atoms with E-state index in [0.29, 0.717) is 56.6 Å². The van der Waals surface area contributed by atoms with Crippen LogP contribution in [0.5, 0.6) is 5.75 Å². The number of alkyl halides is 2. The molecule has 5 aromatic rings. The molecule has 0 bridgehead atoms. The average molecular weight is 648 g/mol. The lowest BCUT2D eigenvalue weighted by Gasteiger charge is -2.33. The molecular formula is C32H25ClF3N7O3. The molecule has 1 aromatic carbocycles. The molecule has 2 aliphatic rings. The lowest BCUT2D eigenvalue weighted by atomic mass is 9.93. The van der Waals surface area contributed by atoms with E-state index < -0.39 is 29.8 Å². The highest BCUT2D eigenvalue weighted by atomic mass is 35.5.